The molecule has 2 unspecified atom stereocenters. The van der Waals surface area contributed by atoms with Crippen molar-refractivity contribution in [2.45, 2.75) is 44.0 Å². The number of aromatic nitrogens is 1. The van der Waals surface area contributed by atoms with E-state index in [1.54, 1.807) is 6.20 Å². The molecule has 23 heavy (non-hydrogen) atoms. The summed E-state index contributed by atoms with van der Waals surface area (Å²) in [5.41, 5.74) is 1.52. The second-order valence-electron chi connectivity index (χ2n) is 6.61. The Hall–Kier alpha value is -2.08. The Labute approximate surface area is 138 Å². The maximum Gasteiger partial charge on any atom is 0.321 e. The molecule has 1 saturated heterocycles. The first-order chi connectivity index (χ1) is 11.2. The van der Waals surface area contributed by atoms with Gasteiger partial charge in [-0.05, 0) is 49.0 Å². The smallest absolute Gasteiger partial charge is 0.321 e. The highest BCUT2D eigenvalue weighted by atomic mass is 32.1. The minimum absolute atomic E-state index is 0.0102. The number of aryl methyl sites for hydroxylation is 1. The molecule has 5 nitrogen and oxygen atoms in total. The number of urea groups is 1. The number of hydrogen-bond donors (Lipinski definition) is 1. The SMILES string of the molecule is Cc1ccc2c(c1)OC1(c3ccns3)CC2NC(=O)N1C1CC1. The molecule has 2 aliphatic heterocycles. The Balaban J connectivity index is 1.71. The van der Waals surface area contributed by atoms with Gasteiger partial charge >= 0.3 is 6.03 Å². The van der Waals surface area contributed by atoms with Crippen molar-refractivity contribution in [1.29, 1.82) is 0 Å². The first-order valence-corrected chi connectivity index (χ1v) is 8.75. The van der Waals surface area contributed by atoms with E-state index < -0.39 is 5.72 Å². The van der Waals surface area contributed by atoms with E-state index >= 15 is 0 Å². The van der Waals surface area contributed by atoms with Crippen molar-refractivity contribution >= 4 is 17.6 Å². The summed E-state index contributed by atoms with van der Waals surface area (Å²) in [5.74, 6) is 0.875. The summed E-state index contributed by atoms with van der Waals surface area (Å²) >= 11 is 1.42. The largest absolute Gasteiger partial charge is 0.462 e. The van der Waals surface area contributed by atoms with Gasteiger partial charge in [0.15, 0.2) is 0 Å². The van der Waals surface area contributed by atoms with Gasteiger partial charge in [-0.25, -0.2) is 9.17 Å². The Morgan fingerprint density at radius 2 is 2.26 bits per heavy atom. The normalized spacial score (nSPS) is 28.8. The molecule has 2 aromatic rings. The van der Waals surface area contributed by atoms with Gasteiger partial charge in [-0.2, -0.15) is 0 Å². The van der Waals surface area contributed by atoms with Gasteiger partial charge in [-0.3, -0.25) is 4.90 Å². The highest BCUT2D eigenvalue weighted by Gasteiger charge is 2.58. The van der Waals surface area contributed by atoms with E-state index in [-0.39, 0.29) is 18.1 Å². The van der Waals surface area contributed by atoms with Crippen LogP contribution in [-0.4, -0.2) is 21.3 Å². The van der Waals surface area contributed by atoms with E-state index in [0.29, 0.717) is 0 Å². The molecule has 1 aromatic heterocycles. The van der Waals surface area contributed by atoms with Crippen molar-refractivity contribution in [3.05, 3.63) is 46.5 Å². The third-order valence-corrected chi connectivity index (χ3v) is 5.82. The van der Waals surface area contributed by atoms with Crippen LogP contribution in [0.1, 0.15) is 41.3 Å². The Morgan fingerprint density at radius 1 is 1.39 bits per heavy atom. The van der Waals surface area contributed by atoms with Gasteiger partial charge in [0.05, 0.1) is 10.9 Å². The summed E-state index contributed by atoms with van der Waals surface area (Å²) in [6, 6.07) is 8.42. The number of nitrogens with one attached hydrogen (secondary N) is 1. The fourth-order valence-corrected chi connectivity index (χ4v) is 4.49. The highest BCUT2D eigenvalue weighted by molar-refractivity contribution is 7.05. The van der Waals surface area contributed by atoms with E-state index in [1.807, 2.05) is 11.0 Å². The molecule has 1 saturated carbocycles. The fraction of sp³-hybridized carbons (Fsp3) is 0.412. The van der Waals surface area contributed by atoms with Crippen molar-refractivity contribution in [2.24, 2.45) is 0 Å². The minimum Gasteiger partial charge on any atom is -0.462 e. The molecular formula is C17H17N3O2S. The molecule has 5 rings (SSSR count). The van der Waals surface area contributed by atoms with Gasteiger partial charge in [-0.15, -0.1) is 0 Å². The van der Waals surface area contributed by atoms with Crippen LogP contribution in [0.3, 0.4) is 0 Å². The quantitative estimate of drug-likeness (QED) is 0.920. The number of benzene rings is 1. The van der Waals surface area contributed by atoms with Crippen molar-refractivity contribution in [1.82, 2.24) is 14.6 Å². The molecule has 0 spiro atoms. The molecule has 6 heteroatoms. The van der Waals surface area contributed by atoms with Crippen LogP contribution in [0, 0.1) is 6.92 Å². The predicted molar refractivity (Wildman–Crippen MR) is 86.3 cm³/mol. The van der Waals surface area contributed by atoms with Crippen molar-refractivity contribution in [3.63, 3.8) is 0 Å². The van der Waals surface area contributed by atoms with Gasteiger partial charge in [0.25, 0.3) is 0 Å². The summed E-state index contributed by atoms with van der Waals surface area (Å²) < 4.78 is 10.8. The lowest BCUT2D eigenvalue weighted by Crippen LogP contribution is -2.64. The summed E-state index contributed by atoms with van der Waals surface area (Å²) in [6.07, 6.45) is 4.61. The van der Waals surface area contributed by atoms with Gasteiger partial charge < -0.3 is 10.1 Å². The lowest BCUT2D eigenvalue weighted by atomic mass is 9.88. The Morgan fingerprint density at radius 3 is 3.00 bits per heavy atom. The molecule has 2 fully saturated rings. The van der Waals surface area contributed by atoms with Crippen LogP contribution in [0.25, 0.3) is 0 Å². The summed E-state index contributed by atoms with van der Waals surface area (Å²) in [4.78, 5) is 15.7. The highest BCUT2D eigenvalue weighted by Crippen LogP contribution is 2.53. The molecule has 3 heterocycles. The number of rotatable bonds is 2. The maximum atomic E-state index is 12.8. The van der Waals surface area contributed by atoms with E-state index in [9.17, 15) is 4.79 Å². The number of hydrogen-bond acceptors (Lipinski definition) is 4. The zero-order chi connectivity index (χ0) is 15.6. The van der Waals surface area contributed by atoms with E-state index in [2.05, 4.69) is 34.8 Å². The maximum absolute atomic E-state index is 12.8. The molecule has 1 aliphatic carbocycles. The van der Waals surface area contributed by atoms with E-state index in [4.69, 9.17) is 4.74 Å². The number of carbonyl (C=O) groups is 1. The fourth-order valence-electron chi connectivity index (χ4n) is 3.77. The molecular weight excluding hydrogens is 310 g/mol. The average molecular weight is 327 g/mol. The van der Waals surface area contributed by atoms with E-state index in [0.717, 1.165) is 41.0 Å². The lowest BCUT2D eigenvalue weighted by molar-refractivity contribution is -0.106. The molecule has 2 bridgehead atoms. The van der Waals surface area contributed by atoms with Gasteiger partial charge in [0.1, 0.15) is 5.75 Å². The molecule has 118 valence electrons. The average Bonchev–Trinajstić information content (AvgIpc) is 3.17. The van der Waals surface area contributed by atoms with Crippen molar-refractivity contribution < 1.29 is 9.53 Å². The zero-order valence-corrected chi connectivity index (χ0v) is 13.6. The van der Waals surface area contributed by atoms with Crippen LogP contribution in [0.5, 0.6) is 5.75 Å². The number of carbonyl (C=O) groups excluding carboxylic acids is 1. The summed E-state index contributed by atoms with van der Waals surface area (Å²) in [7, 11) is 0. The molecule has 1 aromatic carbocycles. The Kier molecular flexibility index (Phi) is 2.60. The standard InChI is InChI=1S/C17H17N3O2S/c1-10-2-5-12-13-9-17(22-14(12)8-10,15-6-7-18-23-15)20(11-3-4-11)16(21)19-13/h2,5-8,11,13H,3-4,9H2,1H3,(H,19,21). The van der Waals surface area contributed by atoms with Gasteiger partial charge in [0.2, 0.25) is 5.72 Å². The molecule has 0 radical (unpaired) electrons. The van der Waals surface area contributed by atoms with Crippen LogP contribution in [0.15, 0.2) is 30.5 Å². The van der Waals surface area contributed by atoms with Gasteiger partial charge in [-0.1, -0.05) is 12.1 Å². The van der Waals surface area contributed by atoms with E-state index in [1.165, 1.54) is 11.5 Å². The number of ether oxygens (including phenoxy) is 1. The topological polar surface area (TPSA) is 54.5 Å². The monoisotopic (exact) mass is 327 g/mol. The zero-order valence-electron chi connectivity index (χ0n) is 12.8. The first-order valence-electron chi connectivity index (χ1n) is 7.98. The van der Waals surface area contributed by atoms with Gasteiger partial charge in [0, 0.05) is 24.2 Å². The van der Waals surface area contributed by atoms with Crippen LogP contribution >= 0.6 is 11.5 Å². The summed E-state index contributed by atoms with van der Waals surface area (Å²) in [6.45, 7) is 2.06. The lowest BCUT2D eigenvalue weighted by Gasteiger charge is -2.52. The summed E-state index contributed by atoms with van der Waals surface area (Å²) in [5, 5.41) is 3.17. The predicted octanol–water partition coefficient (Wildman–Crippen LogP) is 3.32. The molecule has 2 atom stereocenters. The Bertz CT molecular complexity index is 787. The third-order valence-electron chi connectivity index (χ3n) is 4.94. The number of nitrogens with zero attached hydrogens (tertiary/aromatic N) is 2. The molecule has 2 amide bonds. The van der Waals surface area contributed by atoms with Crippen LogP contribution < -0.4 is 10.1 Å². The molecule has 3 aliphatic rings. The second kappa shape index (κ2) is 4.47. The van der Waals surface area contributed by atoms with Crippen molar-refractivity contribution in [2.75, 3.05) is 0 Å². The minimum atomic E-state index is -0.712. The second-order valence-corrected chi connectivity index (χ2v) is 7.45. The van der Waals surface area contributed by atoms with Crippen molar-refractivity contribution in [3.8, 4) is 5.75 Å². The molecule has 1 N–H and O–H groups in total. The van der Waals surface area contributed by atoms with Crippen LogP contribution in [0.2, 0.25) is 0 Å². The number of fused-ring (bicyclic) bond motifs is 4. The van der Waals surface area contributed by atoms with Crippen LogP contribution in [0.4, 0.5) is 4.79 Å². The van der Waals surface area contributed by atoms with Crippen LogP contribution in [-0.2, 0) is 5.72 Å². The third kappa shape index (κ3) is 1.84. The number of amides is 2. The first kappa shape index (κ1) is 13.4.